The van der Waals surface area contributed by atoms with Gasteiger partial charge in [0.1, 0.15) is 5.56 Å². The fourth-order valence-corrected chi connectivity index (χ4v) is 2.68. The number of nitrogens with zero attached hydrogens (tertiary/aromatic N) is 4. The van der Waals surface area contributed by atoms with Crippen molar-refractivity contribution in [2.45, 2.75) is 6.92 Å². The second-order valence-corrected chi connectivity index (χ2v) is 5.66. The molecule has 0 aliphatic carbocycles. The standard InChI is InChI=1S/C17H11N5O5/c1-9-12(8-18-21(9)13-6-7-14(23)20-19-13)17(26)27-22-15(24)10-4-2-3-5-11(10)16(22)25/h2-8H,1H3,(H,20,23). The molecular weight excluding hydrogens is 354 g/mol. The Morgan fingerprint density at radius 1 is 1.04 bits per heavy atom. The van der Waals surface area contributed by atoms with Crippen LogP contribution in [0.5, 0.6) is 0 Å². The van der Waals surface area contributed by atoms with Crippen LogP contribution in [0.1, 0.15) is 36.8 Å². The molecule has 0 atom stereocenters. The third-order valence-corrected chi connectivity index (χ3v) is 4.04. The predicted molar refractivity (Wildman–Crippen MR) is 89.1 cm³/mol. The van der Waals surface area contributed by atoms with Crippen molar-refractivity contribution < 1.29 is 19.2 Å². The number of benzene rings is 1. The molecule has 4 rings (SSSR count). The lowest BCUT2D eigenvalue weighted by Gasteiger charge is -2.12. The van der Waals surface area contributed by atoms with Crippen molar-refractivity contribution in [1.29, 1.82) is 0 Å². The van der Waals surface area contributed by atoms with Crippen LogP contribution in [0.3, 0.4) is 0 Å². The van der Waals surface area contributed by atoms with Crippen LogP contribution in [0.15, 0.2) is 47.4 Å². The topological polar surface area (TPSA) is 127 Å². The Morgan fingerprint density at radius 2 is 1.70 bits per heavy atom. The summed E-state index contributed by atoms with van der Waals surface area (Å²) in [5.74, 6) is -2.06. The zero-order valence-corrected chi connectivity index (χ0v) is 13.9. The number of H-pyrrole nitrogens is 1. The van der Waals surface area contributed by atoms with Crippen molar-refractivity contribution in [3.8, 4) is 5.82 Å². The van der Waals surface area contributed by atoms with Gasteiger partial charge in [0, 0.05) is 6.07 Å². The Bertz CT molecular complexity index is 1110. The fraction of sp³-hybridized carbons (Fsp3) is 0.0588. The molecule has 134 valence electrons. The van der Waals surface area contributed by atoms with Crippen LogP contribution in [-0.2, 0) is 4.84 Å². The van der Waals surface area contributed by atoms with E-state index in [0.717, 1.165) is 0 Å². The number of nitrogens with one attached hydrogen (secondary N) is 1. The molecule has 2 amide bonds. The zero-order chi connectivity index (χ0) is 19.1. The van der Waals surface area contributed by atoms with Crippen molar-refractivity contribution in [3.05, 3.63) is 75.3 Å². The lowest BCUT2D eigenvalue weighted by molar-refractivity contribution is -0.0585. The van der Waals surface area contributed by atoms with Gasteiger partial charge in [0.25, 0.3) is 17.4 Å². The number of hydrogen-bond acceptors (Lipinski definition) is 7. The molecule has 2 aromatic heterocycles. The van der Waals surface area contributed by atoms with E-state index in [0.29, 0.717) is 10.8 Å². The lowest BCUT2D eigenvalue weighted by Crippen LogP contribution is -2.32. The third kappa shape index (κ3) is 2.59. The summed E-state index contributed by atoms with van der Waals surface area (Å²) in [5, 5.41) is 10.6. The van der Waals surface area contributed by atoms with Gasteiger partial charge in [0.2, 0.25) is 0 Å². The van der Waals surface area contributed by atoms with E-state index in [1.807, 2.05) is 0 Å². The molecule has 0 radical (unpaired) electrons. The van der Waals surface area contributed by atoms with Gasteiger partial charge < -0.3 is 4.84 Å². The average Bonchev–Trinajstić information content (AvgIpc) is 3.16. The highest BCUT2D eigenvalue weighted by Gasteiger charge is 2.39. The summed E-state index contributed by atoms with van der Waals surface area (Å²) in [4.78, 5) is 53.1. The normalized spacial score (nSPS) is 13.0. The van der Waals surface area contributed by atoms with Gasteiger partial charge in [-0.1, -0.05) is 17.2 Å². The quantitative estimate of drug-likeness (QED) is 0.674. The molecule has 1 aliphatic rings. The maximum Gasteiger partial charge on any atom is 0.367 e. The summed E-state index contributed by atoms with van der Waals surface area (Å²) in [7, 11) is 0. The van der Waals surface area contributed by atoms with E-state index in [9.17, 15) is 19.2 Å². The molecule has 0 saturated carbocycles. The Kier molecular flexibility index (Phi) is 3.65. The Morgan fingerprint density at radius 3 is 2.30 bits per heavy atom. The molecular formula is C17H11N5O5. The number of fused-ring (bicyclic) bond motifs is 1. The second kappa shape index (κ2) is 6.02. The van der Waals surface area contributed by atoms with E-state index in [-0.39, 0.29) is 28.1 Å². The van der Waals surface area contributed by atoms with Gasteiger partial charge in [-0.25, -0.2) is 14.6 Å². The fourth-order valence-electron chi connectivity index (χ4n) is 2.68. The number of rotatable bonds is 3. The third-order valence-electron chi connectivity index (χ3n) is 4.04. The summed E-state index contributed by atoms with van der Waals surface area (Å²) in [6.07, 6.45) is 1.22. The van der Waals surface area contributed by atoms with Gasteiger partial charge >= 0.3 is 5.97 Å². The first kappa shape index (κ1) is 16.4. The van der Waals surface area contributed by atoms with Gasteiger partial charge in [0.05, 0.1) is 23.0 Å². The number of imide groups is 1. The van der Waals surface area contributed by atoms with Crippen LogP contribution in [0, 0.1) is 6.92 Å². The summed E-state index contributed by atoms with van der Waals surface area (Å²) in [5.41, 5.74) is 0.352. The van der Waals surface area contributed by atoms with E-state index in [1.54, 1.807) is 19.1 Å². The molecule has 1 aliphatic heterocycles. The minimum absolute atomic E-state index is 0.0413. The minimum atomic E-state index is -0.919. The number of amides is 2. The molecule has 0 saturated heterocycles. The van der Waals surface area contributed by atoms with Crippen molar-refractivity contribution in [3.63, 3.8) is 0 Å². The van der Waals surface area contributed by atoms with E-state index in [2.05, 4.69) is 15.3 Å². The van der Waals surface area contributed by atoms with Crippen LogP contribution in [-0.4, -0.2) is 42.8 Å². The van der Waals surface area contributed by atoms with Crippen molar-refractivity contribution in [1.82, 2.24) is 25.0 Å². The first-order valence-electron chi connectivity index (χ1n) is 7.78. The van der Waals surface area contributed by atoms with Crippen molar-refractivity contribution >= 4 is 17.8 Å². The molecule has 0 unspecified atom stereocenters. The highest BCUT2D eigenvalue weighted by molar-refractivity contribution is 6.21. The first-order valence-corrected chi connectivity index (χ1v) is 7.78. The van der Waals surface area contributed by atoms with Crippen LogP contribution in [0.25, 0.3) is 5.82 Å². The minimum Gasteiger partial charge on any atom is -0.324 e. The van der Waals surface area contributed by atoms with Gasteiger partial charge in [-0.3, -0.25) is 14.4 Å². The first-order chi connectivity index (χ1) is 13.0. The Balaban J connectivity index is 1.60. The van der Waals surface area contributed by atoms with Crippen LogP contribution in [0.2, 0.25) is 0 Å². The van der Waals surface area contributed by atoms with E-state index >= 15 is 0 Å². The summed E-state index contributed by atoms with van der Waals surface area (Å²) in [6.45, 7) is 1.58. The average molecular weight is 365 g/mol. The molecule has 10 nitrogen and oxygen atoms in total. The van der Waals surface area contributed by atoms with Crippen LogP contribution >= 0.6 is 0 Å². The van der Waals surface area contributed by atoms with Gasteiger partial charge in [-0.15, -0.1) is 0 Å². The Labute approximate surface area is 150 Å². The monoisotopic (exact) mass is 365 g/mol. The van der Waals surface area contributed by atoms with E-state index < -0.39 is 17.8 Å². The predicted octanol–water partition coefficient (Wildman–Crippen LogP) is 0.632. The molecule has 1 N–H and O–H groups in total. The van der Waals surface area contributed by atoms with Gasteiger partial charge in [-0.05, 0) is 25.1 Å². The second-order valence-electron chi connectivity index (χ2n) is 5.66. The SMILES string of the molecule is Cc1c(C(=O)ON2C(=O)c3ccccc3C2=O)cnn1-c1ccc(=O)[nH]n1. The molecule has 1 aromatic carbocycles. The number of carbonyl (C=O) groups excluding carboxylic acids is 3. The molecule has 0 fully saturated rings. The largest absolute Gasteiger partial charge is 0.367 e. The van der Waals surface area contributed by atoms with Gasteiger partial charge in [0.15, 0.2) is 5.82 Å². The summed E-state index contributed by atoms with van der Waals surface area (Å²) < 4.78 is 1.31. The molecule has 10 heteroatoms. The van der Waals surface area contributed by atoms with Crippen molar-refractivity contribution in [2.75, 3.05) is 0 Å². The number of carbonyl (C=O) groups is 3. The van der Waals surface area contributed by atoms with Crippen LogP contribution in [0.4, 0.5) is 0 Å². The number of aromatic amines is 1. The summed E-state index contributed by atoms with van der Waals surface area (Å²) in [6, 6.07) is 8.88. The van der Waals surface area contributed by atoms with E-state index in [4.69, 9.17) is 4.84 Å². The highest BCUT2D eigenvalue weighted by Crippen LogP contribution is 2.24. The zero-order valence-electron chi connectivity index (χ0n) is 13.9. The maximum atomic E-state index is 12.5. The number of hydrogen-bond donors (Lipinski definition) is 1. The maximum absolute atomic E-state index is 12.5. The Hall–Kier alpha value is -4.08. The smallest absolute Gasteiger partial charge is 0.324 e. The van der Waals surface area contributed by atoms with E-state index in [1.165, 1.54) is 35.1 Å². The number of aromatic nitrogens is 4. The molecule has 0 spiro atoms. The molecule has 3 aromatic rings. The molecule has 27 heavy (non-hydrogen) atoms. The summed E-state index contributed by atoms with van der Waals surface area (Å²) >= 11 is 0. The van der Waals surface area contributed by atoms with Crippen LogP contribution < -0.4 is 5.56 Å². The van der Waals surface area contributed by atoms with Crippen molar-refractivity contribution in [2.24, 2.45) is 0 Å². The number of hydroxylamine groups is 2. The highest BCUT2D eigenvalue weighted by atomic mass is 16.7. The molecule has 0 bridgehead atoms. The molecule has 3 heterocycles. The van der Waals surface area contributed by atoms with Gasteiger partial charge in [-0.2, -0.15) is 10.2 Å². The lowest BCUT2D eigenvalue weighted by atomic mass is 10.1.